The van der Waals surface area contributed by atoms with Crippen molar-refractivity contribution in [2.45, 2.75) is 59.0 Å². The smallest absolute Gasteiger partial charge is 0.244 e. The van der Waals surface area contributed by atoms with Gasteiger partial charge in [0.15, 0.2) is 0 Å². The van der Waals surface area contributed by atoms with Crippen molar-refractivity contribution in [1.29, 1.82) is 0 Å². The molecule has 0 aliphatic carbocycles. The second kappa shape index (κ2) is 11.5. The molecule has 0 saturated carbocycles. The molecule has 2 rings (SSSR count). The molecule has 186 valence electrons. The Balaban J connectivity index is 2.41. The van der Waals surface area contributed by atoms with Gasteiger partial charge in [-0.05, 0) is 42.0 Å². The van der Waals surface area contributed by atoms with E-state index in [1.165, 1.54) is 4.90 Å². The molecule has 0 aliphatic heterocycles. The van der Waals surface area contributed by atoms with Crippen LogP contribution in [0, 0.1) is 0 Å². The lowest BCUT2D eigenvalue weighted by Gasteiger charge is -2.33. The zero-order valence-corrected chi connectivity index (χ0v) is 21.9. The van der Waals surface area contributed by atoms with Crippen LogP contribution in [0.15, 0.2) is 54.6 Å². The van der Waals surface area contributed by atoms with Crippen LogP contribution in [0.3, 0.4) is 0 Å². The summed E-state index contributed by atoms with van der Waals surface area (Å²) in [7, 11) is -3.75. The Morgan fingerprint density at radius 1 is 0.971 bits per heavy atom. The average Bonchev–Trinajstić information content (AvgIpc) is 2.77. The van der Waals surface area contributed by atoms with Gasteiger partial charge in [-0.25, -0.2) is 8.42 Å². The Morgan fingerprint density at radius 3 is 2.03 bits per heavy atom. The summed E-state index contributed by atoms with van der Waals surface area (Å²) in [5, 5.41) is 2.79. The van der Waals surface area contributed by atoms with Crippen LogP contribution in [0.1, 0.15) is 52.2 Å². The number of nitrogens with one attached hydrogen (secondary N) is 1. The van der Waals surface area contributed by atoms with Crippen LogP contribution in [-0.4, -0.2) is 50.5 Å². The minimum atomic E-state index is -3.75. The highest BCUT2D eigenvalue weighted by Gasteiger charge is 2.31. The molecule has 0 heterocycles. The summed E-state index contributed by atoms with van der Waals surface area (Å²) >= 11 is 0. The number of carbonyl (C=O) groups is 2. The summed E-state index contributed by atoms with van der Waals surface area (Å²) in [6.45, 7) is 10.1. The van der Waals surface area contributed by atoms with Crippen LogP contribution in [0.2, 0.25) is 0 Å². The van der Waals surface area contributed by atoms with Crippen molar-refractivity contribution >= 4 is 27.5 Å². The highest BCUT2D eigenvalue weighted by Crippen LogP contribution is 2.26. The summed E-state index contributed by atoms with van der Waals surface area (Å²) in [6, 6.07) is 15.9. The van der Waals surface area contributed by atoms with Crippen molar-refractivity contribution in [2.75, 3.05) is 23.7 Å². The lowest BCUT2D eigenvalue weighted by Crippen LogP contribution is -2.52. The number of nitrogens with zero attached hydrogens (tertiary/aromatic N) is 2. The van der Waals surface area contributed by atoms with E-state index < -0.39 is 28.5 Å². The number of rotatable bonds is 10. The minimum Gasteiger partial charge on any atom is -0.355 e. The Kier molecular flexibility index (Phi) is 9.27. The topological polar surface area (TPSA) is 86.8 Å². The molecule has 0 radical (unpaired) electrons. The fourth-order valence-electron chi connectivity index (χ4n) is 3.73. The van der Waals surface area contributed by atoms with E-state index in [-0.39, 0.29) is 17.9 Å². The van der Waals surface area contributed by atoms with Gasteiger partial charge in [0.05, 0.1) is 11.9 Å². The van der Waals surface area contributed by atoms with E-state index in [1.54, 1.807) is 12.1 Å². The van der Waals surface area contributed by atoms with Crippen LogP contribution in [0.5, 0.6) is 0 Å². The number of amides is 2. The maximum absolute atomic E-state index is 13.6. The predicted molar refractivity (Wildman–Crippen MR) is 137 cm³/mol. The number of anilines is 1. The Labute approximate surface area is 204 Å². The third-order valence-electron chi connectivity index (χ3n) is 5.63. The zero-order valence-electron chi connectivity index (χ0n) is 21.0. The summed E-state index contributed by atoms with van der Waals surface area (Å²) in [4.78, 5) is 27.8. The van der Waals surface area contributed by atoms with Gasteiger partial charge >= 0.3 is 0 Å². The fraction of sp³-hybridized carbons (Fsp3) is 0.462. The van der Waals surface area contributed by atoms with Crippen molar-refractivity contribution in [3.63, 3.8) is 0 Å². The Bertz CT molecular complexity index is 1060. The molecule has 2 amide bonds. The van der Waals surface area contributed by atoms with Gasteiger partial charge in [0.25, 0.3) is 0 Å². The van der Waals surface area contributed by atoms with Crippen molar-refractivity contribution in [2.24, 2.45) is 0 Å². The molecule has 0 saturated heterocycles. The highest BCUT2D eigenvalue weighted by molar-refractivity contribution is 7.92. The predicted octanol–water partition coefficient (Wildman–Crippen LogP) is 3.69. The third kappa shape index (κ3) is 7.32. The van der Waals surface area contributed by atoms with Gasteiger partial charge in [0.1, 0.15) is 12.6 Å². The lowest BCUT2D eigenvalue weighted by molar-refractivity contribution is -0.140. The van der Waals surface area contributed by atoms with Gasteiger partial charge in [-0.15, -0.1) is 0 Å². The maximum Gasteiger partial charge on any atom is 0.244 e. The molecule has 34 heavy (non-hydrogen) atoms. The molecule has 0 fully saturated rings. The summed E-state index contributed by atoms with van der Waals surface area (Å²) in [5.41, 5.74) is 2.25. The van der Waals surface area contributed by atoms with Gasteiger partial charge < -0.3 is 10.2 Å². The number of hydrogen-bond donors (Lipinski definition) is 1. The van der Waals surface area contributed by atoms with Gasteiger partial charge in [-0.1, -0.05) is 70.2 Å². The van der Waals surface area contributed by atoms with Crippen LogP contribution in [0.4, 0.5) is 5.69 Å². The molecule has 0 aliphatic rings. The quantitative estimate of drug-likeness (QED) is 0.554. The maximum atomic E-state index is 13.6. The van der Waals surface area contributed by atoms with Crippen molar-refractivity contribution in [3.05, 3.63) is 65.7 Å². The highest BCUT2D eigenvalue weighted by atomic mass is 32.2. The molecule has 0 spiro atoms. The van der Waals surface area contributed by atoms with Crippen LogP contribution in [-0.2, 0) is 31.6 Å². The molecule has 1 atom stereocenters. The summed E-state index contributed by atoms with van der Waals surface area (Å²) in [5.74, 6) is -0.693. The third-order valence-corrected chi connectivity index (χ3v) is 6.77. The van der Waals surface area contributed by atoms with Crippen LogP contribution in [0.25, 0.3) is 0 Å². The van der Waals surface area contributed by atoms with E-state index in [0.29, 0.717) is 18.7 Å². The Morgan fingerprint density at radius 2 is 1.56 bits per heavy atom. The molecule has 1 N–H and O–H groups in total. The fourth-order valence-corrected chi connectivity index (χ4v) is 4.58. The molecule has 0 bridgehead atoms. The first-order valence-corrected chi connectivity index (χ1v) is 13.4. The summed E-state index contributed by atoms with van der Waals surface area (Å²) in [6.07, 6.45) is 1.49. The number of likely N-dealkylation sites (N-methyl/N-ethyl adjacent to an activating group) is 1. The van der Waals surface area contributed by atoms with Gasteiger partial charge in [-0.3, -0.25) is 13.9 Å². The largest absolute Gasteiger partial charge is 0.355 e. The van der Waals surface area contributed by atoms with Crippen LogP contribution >= 0.6 is 0 Å². The summed E-state index contributed by atoms with van der Waals surface area (Å²) < 4.78 is 26.5. The number of carbonyl (C=O) groups excluding carboxylic acids is 2. The second-order valence-corrected chi connectivity index (χ2v) is 11.3. The van der Waals surface area contributed by atoms with E-state index in [1.807, 2.05) is 56.3 Å². The number of benzene rings is 2. The molecule has 2 aromatic carbocycles. The molecule has 0 aromatic heterocycles. The lowest BCUT2D eigenvalue weighted by atomic mass is 9.87. The molecule has 8 heteroatoms. The van der Waals surface area contributed by atoms with Crippen molar-refractivity contribution in [3.8, 4) is 0 Å². The van der Waals surface area contributed by atoms with E-state index >= 15 is 0 Å². The van der Waals surface area contributed by atoms with E-state index in [0.717, 1.165) is 21.7 Å². The van der Waals surface area contributed by atoms with E-state index in [9.17, 15) is 18.0 Å². The van der Waals surface area contributed by atoms with Crippen molar-refractivity contribution < 1.29 is 18.0 Å². The molecule has 0 unspecified atom stereocenters. The minimum absolute atomic E-state index is 0.0856. The van der Waals surface area contributed by atoms with Gasteiger partial charge in [0, 0.05) is 13.1 Å². The molecular weight excluding hydrogens is 450 g/mol. The first kappa shape index (κ1) is 27.4. The molecular formula is C26H37N3O4S. The van der Waals surface area contributed by atoms with Gasteiger partial charge in [0.2, 0.25) is 21.8 Å². The van der Waals surface area contributed by atoms with Crippen molar-refractivity contribution in [1.82, 2.24) is 10.2 Å². The monoisotopic (exact) mass is 487 g/mol. The van der Waals surface area contributed by atoms with E-state index in [4.69, 9.17) is 0 Å². The Hall–Kier alpha value is -2.87. The zero-order chi connectivity index (χ0) is 25.5. The van der Waals surface area contributed by atoms with E-state index in [2.05, 4.69) is 26.1 Å². The average molecular weight is 488 g/mol. The first-order chi connectivity index (χ1) is 15.9. The second-order valence-electron chi connectivity index (χ2n) is 9.39. The SMILES string of the molecule is CCNC(=O)[C@H](CC)N(Cc1ccccc1)C(=O)CN(c1ccc(C(C)(C)C)cc1)S(C)(=O)=O. The standard InChI is InChI=1S/C26H37N3O4S/c1-7-23(25(31)27-8-2)28(18-20-12-10-9-11-13-20)24(30)19-29(34(6,32)33)22-16-14-21(15-17-22)26(3,4)5/h9-17,23H,7-8,18-19H2,1-6H3,(H,27,31)/t23-/m0/s1. The van der Waals surface area contributed by atoms with Crippen LogP contribution < -0.4 is 9.62 Å². The first-order valence-electron chi connectivity index (χ1n) is 11.6. The van der Waals surface area contributed by atoms with Gasteiger partial charge in [-0.2, -0.15) is 0 Å². The molecule has 2 aromatic rings. The molecule has 7 nitrogen and oxygen atoms in total. The number of hydrogen-bond acceptors (Lipinski definition) is 4. The number of sulfonamides is 1. The normalized spacial score (nSPS) is 12.6.